The molecule has 0 bridgehead atoms. The maximum Gasteiger partial charge on any atom is 0.354 e. The Morgan fingerprint density at radius 1 is 1.47 bits per heavy atom. The van der Waals surface area contributed by atoms with Gasteiger partial charge in [0.05, 0.1) is 0 Å². The topological polar surface area (TPSA) is 53.4 Å². The van der Waals surface area contributed by atoms with Gasteiger partial charge in [0, 0.05) is 12.7 Å². The number of hydrogen-bond donors (Lipinski definition) is 1. The summed E-state index contributed by atoms with van der Waals surface area (Å²) in [4.78, 5) is 17.2. The third kappa shape index (κ3) is 4.15. The largest absolute Gasteiger partial charge is 0.477 e. The molecule has 0 saturated carbocycles. The van der Waals surface area contributed by atoms with Crippen molar-refractivity contribution in [2.24, 2.45) is 0 Å². The molecule has 1 N–H and O–H groups in total. The summed E-state index contributed by atoms with van der Waals surface area (Å²) >= 11 is 0. The third-order valence-electron chi connectivity index (χ3n) is 2.76. The monoisotopic (exact) mass is 236 g/mol. The first-order chi connectivity index (χ1) is 8.19. The van der Waals surface area contributed by atoms with E-state index in [1.807, 2.05) is 6.07 Å². The van der Waals surface area contributed by atoms with Crippen molar-refractivity contribution in [3.63, 3.8) is 0 Å². The van der Waals surface area contributed by atoms with E-state index in [1.54, 1.807) is 6.07 Å². The van der Waals surface area contributed by atoms with Crippen LogP contribution in [0, 0.1) is 0 Å². The van der Waals surface area contributed by atoms with Crippen LogP contribution < -0.4 is 0 Å². The molecule has 4 heteroatoms. The standard InChI is InChI=1S/C13H20N2O2/c1-3-5-9-15(4-2)10-11-7-6-8-14-12(11)13(16)17/h6-8H,3-5,9-10H2,1-2H3,(H,16,17). The SMILES string of the molecule is CCCCN(CC)Cc1cccnc1C(=O)O. The molecule has 1 aromatic rings. The lowest BCUT2D eigenvalue weighted by molar-refractivity contribution is 0.0688. The van der Waals surface area contributed by atoms with Gasteiger partial charge < -0.3 is 5.11 Å². The van der Waals surface area contributed by atoms with E-state index in [1.165, 1.54) is 6.20 Å². The second kappa shape index (κ2) is 7.01. The summed E-state index contributed by atoms with van der Waals surface area (Å²) in [5.74, 6) is -0.952. The molecule has 0 spiro atoms. The van der Waals surface area contributed by atoms with Gasteiger partial charge in [-0.3, -0.25) is 4.90 Å². The zero-order valence-corrected chi connectivity index (χ0v) is 10.5. The van der Waals surface area contributed by atoms with Gasteiger partial charge in [-0.1, -0.05) is 26.3 Å². The number of hydrogen-bond acceptors (Lipinski definition) is 3. The van der Waals surface area contributed by atoms with Crippen molar-refractivity contribution in [3.05, 3.63) is 29.6 Å². The Morgan fingerprint density at radius 2 is 2.24 bits per heavy atom. The third-order valence-corrected chi connectivity index (χ3v) is 2.76. The van der Waals surface area contributed by atoms with Crippen LogP contribution in [-0.2, 0) is 6.54 Å². The summed E-state index contributed by atoms with van der Waals surface area (Å²) in [6, 6.07) is 3.63. The average Bonchev–Trinajstić information content (AvgIpc) is 2.34. The fourth-order valence-corrected chi connectivity index (χ4v) is 1.73. The van der Waals surface area contributed by atoms with Crippen molar-refractivity contribution in [3.8, 4) is 0 Å². The van der Waals surface area contributed by atoms with Crippen molar-refractivity contribution in [1.29, 1.82) is 0 Å². The molecule has 1 aromatic heterocycles. The number of nitrogens with zero attached hydrogens (tertiary/aromatic N) is 2. The normalized spacial score (nSPS) is 10.8. The Bertz CT molecular complexity index is 366. The lowest BCUT2D eigenvalue weighted by Gasteiger charge is -2.20. The van der Waals surface area contributed by atoms with Crippen LogP contribution in [0.2, 0.25) is 0 Å². The van der Waals surface area contributed by atoms with Crippen LogP contribution in [0.25, 0.3) is 0 Å². The van der Waals surface area contributed by atoms with Crippen LogP contribution in [0.15, 0.2) is 18.3 Å². The van der Waals surface area contributed by atoms with Crippen molar-refractivity contribution in [2.75, 3.05) is 13.1 Å². The second-order valence-electron chi connectivity index (χ2n) is 4.04. The van der Waals surface area contributed by atoms with Crippen LogP contribution >= 0.6 is 0 Å². The molecule has 0 fully saturated rings. The van der Waals surface area contributed by atoms with E-state index in [2.05, 4.69) is 23.7 Å². The number of rotatable bonds is 7. The first kappa shape index (κ1) is 13.6. The number of carboxylic acid groups (broad SMARTS) is 1. The first-order valence-electron chi connectivity index (χ1n) is 6.08. The highest BCUT2D eigenvalue weighted by molar-refractivity contribution is 5.86. The van der Waals surface area contributed by atoms with Gasteiger partial charge in [-0.2, -0.15) is 0 Å². The average molecular weight is 236 g/mol. The van der Waals surface area contributed by atoms with Crippen LogP contribution in [0.1, 0.15) is 42.7 Å². The highest BCUT2D eigenvalue weighted by atomic mass is 16.4. The zero-order chi connectivity index (χ0) is 12.7. The number of unbranched alkanes of at least 4 members (excludes halogenated alkanes) is 1. The predicted octanol–water partition coefficient (Wildman–Crippen LogP) is 2.40. The van der Waals surface area contributed by atoms with Gasteiger partial charge in [-0.15, -0.1) is 0 Å². The zero-order valence-electron chi connectivity index (χ0n) is 10.5. The quantitative estimate of drug-likeness (QED) is 0.789. The van der Waals surface area contributed by atoms with E-state index in [-0.39, 0.29) is 5.69 Å². The smallest absolute Gasteiger partial charge is 0.354 e. The van der Waals surface area contributed by atoms with Crippen LogP contribution in [-0.4, -0.2) is 34.0 Å². The summed E-state index contributed by atoms with van der Waals surface area (Å²) in [5, 5.41) is 9.05. The maximum absolute atomic E-state index is 11.0. The number of aromatic nitrogens is 1. The van der Waals surface area contributed by atoms with E-state index in [0.717, 1.165) is 31.5 Å². The molecule has 94 valence electrons. The van der Waals surface area contributed by atoms with E-state index >= 15 is 0 Å². The van der Waals surface area contributed by atoms with Crippen molar-refractivity contribution < 1.29 is 9.90 Å². The molecule has 0 saturated heterocycles. The highest BCUT2D eigenvalue weighted by Gasteiger charge is 2.13. The van der Waals surface area contributed by atoms with Crippen molar-refractivity contribution in [1.82, 2.24) is 9.88 Å². The minimum Gasteiger partial charge on any atom is -0.477 e. The first-order valence-corrected chi connectivity index (χ1v) is 6.08. The fourth-order valence-electron chi connectivity index (χ4n) is 1.73. The number of aromatic carboxylic acids is 1. The van der Waals surface area contributed by atoms with Crippen LogP contribution in [0.5, 0.6) is 0 Å². The summed E-state index contributed by atoms with van der Waals surface area (Å²) < 4.78 is 0. The van der Waals surface area contributed by atoms with E-state index in [0.29, 0.717) is 6.54 Å². The Kier molecular flexibility index (Phi) is 5.63. The van der Waals surface area contributed by atoms with Gasteiger partial charge in [-0.25, -0.2) is 9.78 Å². The minimum absolute atomic E-state index is 0.169. The van der Waals surface area contributed by atoms with Crippen molar-refractivity contribution in [2.45, 2.75) is 33.2 Å². The molecule has 0 aliphatic carbocycles. The summed E-state index contributed by atoms with van der Waals surface area (Å²) in [6.45, 7) is 6.83. The molecule has 4 nitrogen and oxygen atoms in total. The Hall–Kier alpha value is -1.42. The lowest BCUT2D eigenvalue weighted by Crippen LogP contribution is -2.25. The van der Waals surface area contributed by atoms with Gasteiger partial charge in [0.2, 0.25) is 0 Å². The minimum atomic E-state index is -0.952. The van der Waals surface area contributed by atoms with E-state index < -0.39 is 5.97 Å². The molecule has 0 aromatic carbocycles. The van der Waals surface area contributed by atoms with E-state index in [4.69, 9.17) is 5.11 Å². The van der Waals surface area contributed by atoms with Gasteiger partial charge in [0.15, 0.2) is 5.69 Å². The molecule has 0 amide bonds. The number of pyridine rings is 1. The Labute approximate surface area is 102 Å². The van der Waals surface area contributed by atoms with Crippen LogP contribution in [0.3, 0.4) is 0 Å². The predicted molar refractivity (Wildman–Crippen MR) is 67.1 cm³/mol. The molecule has 17 heavy (non-hydrogen) atoms. The Balaban J connectivity index is 2.75. The molecule has 0 radical (unpaired) electrons. The molecule has 0 aliphatic rings. The molecular formula is C13H20N2O2. The summed E-state index contributed by atoms with van der Waals surface area (Å²) in [6.07, 6.45) is 3.81. The lowest BCUT2D eigenvalue weighted by atomic mass is 10.1. The number of carboxylic acids is 1. The molecule has 0 unspecified atom stereocenters. The summed E-state index contributed by atoms with van der Waals surface area (Å²) in [5.41, 5.74) is 0.959. The van der Waals surface area contributed by atoms with Gasteiger partial charge in [0.25, 0.3) is 0 Å². The summed E-state index contributed by atoms with van der Waals surface area (Å²) in [7, 11) is 0. The fraction of sp³-hybridized carbons (Fsp3) is 0.538. The highest BCUT2D eigenvalue weighted by Crippen LogP contribution is 2.10. The molecule has 0 aliphatic heterocycles. The molecule has 0 atom stereocenters. The molecule has 1 heterocycles. The second-order valence-corrected chi connectivity index (χ2v) is 4.04. The molecular weight excluding hydrogens is 216 g/mol. The van der Waals surface area contributed by atoms with Gasteiger partial charge in [0.1, 0.15) is 0 Å². The van der Waals surface area contributed by atoms with Crippen LogP contribution in [0.4, 0.5) is 0 Å². The van der Waals surface area contributed by atoms with Gasteiger partial charge >= 0.3 is 5.97 Å². The van der Waals surface area contributed by atoms with Gasteiger partial charge in [-0.05, 0) is 31.1 Å². The van der Waals surface area contributed by atoms with E-state index in [9.17, 15) is 4.79 Å². The maximum atomic E-state index is 11.0. The van der Waals surface area contributed by atoms with Crippen molar-refractivity contribution >= 4 is 5.97 Å². The molecule has 1 rings (SSSR count). The number of carbonyl (C=O) groups is 1. The Morgan fingerprint density at radius 3 is 2.82 bits per heavy atom.